The lowest BCUT2D eigenvalue weighted by atomic mass is 10.2. The van der Waals surface area contributed by atoms with E-state index in [1.165, 1.54) is 0 Å². The molecule has 3 nitrogen and oxygen atoms in total. The maximum Gasteiger partial charge on any atom is 0.0861 e. The quantitative estimate of drug-likeness (QED) is 0.466. The van der Waals surface area contributed by atoms with Crippen LogP contribution in [0.15, 0.2) is 4.99 Å². The second kappa shape index (κ2) is 11.4. The van der Waals surface area contributed by atoms with E-state index < -0.39 is 0 Å². The van der Waals surface area contributed by atoms with E-state index in [-0.39, 0.29) is 12.4 Å². The smallest absolute Gasteiger partial charge is 0.0861 e. The number of hydrogen-bond acceptors (Lipinski definition) is 3. The van der Waals surface area contributed by atoms with E-state index >= 15 is 0 Å². The van der Waals surface area contributed by atoms with Gasteiger partial charge in [-0.3, -0.25) is 0 Å². The number of nitrogens with two attached hydrogens (primary N) is 1. The normalized spacial score (nSPS) is 7.70. The summed E-state index contributed by atoms with van der Waals surface area (Å²) < 4.78 is 0. The molecule has 0 heterocycles. The topological polar surface area (TPSA) is 62.2 Å². The second-order valence-electron chi connectivity index (χ2n) is 1.84. The molecule has 0 aromatic rings. The second-order valence-corrected chi connectivity index (χ2v) is 1.84. The van der Waals surface area contributed by atoms with Gasteiger partial charge in [-0.25, -0.2) is 10.4 Å². The molecule has 0 aliphatic rings. The van der Waals surface area contributed by atoms with Gasteiger partial charge in [-0.2, -0.15) is 0 Å². The Bertz CT molecular complexity index is 99.2. The van der Waals surface area contributed by atoms with Crippen molar-refractivity contribution in [1.29, 1.82) is 5.41 Å². The molecule has 0 aromatic carbocycles. The van der Waals surface area contributed by atoms with Gasteiger partial charge in [-0.15, -0.1) is 12.4 Å². The summed E-state index contributed by atoms with van der Waals surface area (Å²) in [6.07, 6.45) is 3.21. The van der Waals surface area contributed by atoms with Crippen LogP contribution in [0.3, 0.4) is 0 Å². The molecule has 0 unspecified atom stereocenters. The molecule has 0 amide bonds. The number of rotatable bonds is 5. The Kier molecular flexibility index (Phi) is 14.1. The van der Waals surface area contributed by atoms with Crippen LogP contribution >= 0.6 is 12.4 Å². The van der Waals surface area contributed by atoms with E-state index in [1.54, 1.807) is 0 Å². The summed E-state index contributed by atoms with van der Waals surface area (Å²) in [6, 6.07) is 1.99. The van der Waals surface area contributed by atoms with Crippen molar-refractivity contribution < 1.29 is 0 Å². The molecule has 0 rings (SSSR count). The van der Waals surface area contributed by atoms with Gasteiger partial charge >= 0.3 is 0 Å². The fourth-order valence-electron chi connectivity index (χ4n) is 0.568. The molecule has 10 heavy (non-hydrogen) atoms. The molecule has 0 saturated carbocycles. The number of hydrogen-bond donors (Lipinski definition) is 2. The highest BCUT2D eigenvalue weighted by Crippen LogP contribution is 1.91. The third-order valence-electron chi connectivity index (χ3n) is 1.05. The van der Waals surface area contributed by atoms with Crippen LogP contribution in [-0.2, 0) is 0 Å². The molecule has 0 spiro atoms. The van der Waals surface area contributed by atoms with Crippen LogP contribution in [0.5, 0.6) is 0 Å². The SMILES string of the molecule is Cl.N=C=NCCCCCN. The first-order chi connectivity index (χ1) is 4.41. The zero-order valence-corrected chi connectivity index (χ0v) is 6.78. The Morgan fingerprint density at radius 2 is 2.00 bits per heavy atom. The minimum atomic E-state index is 0. The van der Waals surface area contributed by atoms with Gasteiger partial charge in [0.2, 0.25) is 0 Å². The number of nitrogens with one attached hydrogen (secondary N) is 1. The van der Waals surface area contributed by atoms with Crippen molar-refractivity contribution in [3.8, 4) is 0 Å². The largest absolute Gasteiger partial charge is 0.330 e. The maximum absolute atomic E-state index is 6.44. The van der Waals surface area contributed by atoms with Crippen molar-refractivity contribution >= 4 is 18.4 Å². The minimum absolute atomic E-state index is 0. The summed E-state index contributed by atoms with van der Waals surface area (Å²) in [5.74, 6) is 0. The highest BCUT2D eigenvalue weighted by molar-refractivity contribution is 5.85. The summed E-state index contributed by atoms with van der Waals surface area (Å²) in [5, 5.41) is 6.44. The van der Waals surface area contributed by atoms with Gasteiger partial charge in [-0.1, -0.05) is 6.42 Å². The van der Waals surface area contributed by atoms with E-state index in [2.05, 4.69) is 4.99 Å². The lowest BCUT2D eigenvalue weighted by molar-refractivity contribution is 0.696. The molecule has 0 aromatic heterocycles. The van der Waals surface area contributed by atoms with Crippen LogP contribution in [-0.4, -0.2) is 19.1 Å². The van der Waals surface area contributed by atoms with Gasteiger partial charge in [0, 0.05) is 6.54 Å². The monoisotopic (exact) mass is 163 g/mol. The van der Waals surface area contributed by atoms with Crippen molar-refractivity contribution in [3.05, 3.63) is 0 Å². The van der Waals surface area contributed by atoms with Gasteiger partial charge in [-0.05, 0) is 19.4 Å². The fraction of sp³-hybridized carbons (Fsp3) is 0.833. The van der Waals surface area contributed by atoms with E-state index in [0.29, 0.717) is 0 Å². The summed E-state index contributed by atoms with van der Waals surface area (Å²) in [7, 11) is 0. The molecule has 0 fully saturated rings. The number of unbranched alkanes of at least 4 members (excludes halogenated alkanes) is 2. The van der Waals surface area contributed by atoms with Gasteiger partial charge in [0.1, 0.15) is 0 Å². The first-order valence-corrected chi connectivity index (χ1v) is 3.20. The summed E-state index contributed by atoms with van der Waals surface area (Å²) in [5.41, 5.74) is 5.26. The molecule has 0 aliphatic carbocycles. The Morgan fingerprint density at radius 1 is 1.30 bits per heavy atom. The molecular weight excluding hydrogens is 150 g/mol. The van der Waals surface area contributed by atoms with Crippen LogP contribution < -0.4 is 5.73 Å². The van der Waals surface area contributed by atoms with Crippen LogP contribution in [0.25, 0.3) is 0 Å². The Morgan fingerprint density at radius 3 is 2.50 bits per heavy atom. The van der Waals surface area contributed by atoms with E-state index in [9.17, 15) is 0 Å². The van der Waals surface area contributed by atoms with Gasteiger partial charge in [0.05, 0.1) is 6.01 Å². The molecule has 0 aliphatic heterocycles. The molecule has 0 atom stereocenters. The van der Waals surface area contributed by atoms with E-state index in [1.807, 2.05) is 6.01 Å². The Hall–Kier alpha value is -0.370. The highest BCUT2D eigenvalue weighted by Gasteiger charge is 1.83. The predicted molar refractivity (Wildman–Crippen MR) is 45.2 cm³/mol. The first kappa shape index (κ1) is 12.3. The van der Waals surface area contributed by atoms with Crippen molar-refractivity contribution in [3.63, 3.8) is 0 Å². The number of halogens is 1. The van der Waals surface area contributed by atoms with E-state index in [0.717, 1.165) is 32.4 Å². The van der Waals surface area contributed by atoms with Crippen molar-refractivity contribution in [1.82, 2.24) is 0 Å². The van der Waals surface area contributed by atoms with Crippen molar-refractivity contribution in [2.24, 2.45) is 10.7 Å². The summed E-state index contributed by atoms with van der Waals surface area (Å²) >= 11 is 0. The van der Waals surface area contributed by atoms with Crippen LogP contribution in [0.4, 0.5) is 0 Å². The summed E-state index contributed by atoms with van der Waals surface area (Å²) in [4.78, 5) is 3.62. The average Bonchev–Trinajstić information content (AvgIpc) is 1.89. The molecule has 4 heteroatoms. The lowest BCUT2D eigenvalue weighted by Crippen LogP contribution is -1.97. The predicted octanol–water partition coefficient (Wildman–Crippen LogP) is 1.29. The van der Waals surface area contributed by atoms with Crippen molar-refractivity contribution in [2.75, 3.05) is 13.1 Å². The standard InChI is InChI=1S/C6H13N3.ClH/c7-4-2-1-3-5-9-6-8;/h8H,1-5,7H2;1H. The number of nitrogens with zero attached hydrogens (tertiary/aromatic N) is 1. The number of aliphatic imine (C=N–C) groups is 1. The average molecular weight is 164 g/mol. The van der Waals surface area contributed by atoms with Gasteiger partial charge < -0.3 is 5.73 Å². The zero-order valence-electron chi connectivity index (χ0n) is 5.97. The zero-order chi connectivity index (χ0) is 6.95. The van der Waals surface area contributed by atoms with Crippen molar-refractivity contribution in [2.45, 2.75) is 19.3 Å². The van der Waals surface area contributed by atoms with Crippen LogP contribution in [0.2, 0.25) is 0 Å². The van der Waals surface area contributed by atoms with Crippen LogP contribution in [0.1, 0.15) is 19.3 Å². The summed E-state index contributed by atoms with van der Waals surface area (Å²) in [6.45, 7) is 1.48. The molecule has 0 bridgehead atoms. The fourth-order valence-corrected chi connectivity index (χ4v) is 0.568. The lowest BCUT2D eigenvalue weighted by Gasteiger charge is -1.91. The maximum atomic E-state index is 6.44. The third kappa shape index (κ3) is 10.6. The molecule has 0 radical (unpaired) electrons. The van der Waals surface area contributed by atoms with E-state index in [4.69, 9.17) is 11.1 Å². The minimum Gasteiger partial charge on any atom is -0.330 e. The Labute approximate surface area is 67.6 Å². The molecule has 60 valence electrons. The molecule has 0 saturated heterocycles. The Balaban J connectivity index is 0. The molecule has 3 N–H and O–H groups in total. The van der Waals surface area contributed by atoms with Gasteiger partial charge in [0.15, 0.2) is 0 Å². The van der Waals surface area contributed by atoms with Crippen LogP contribution in [0, 0.1) is 5.41 Å². The van der Waals surface area contributed by atoms with Gasteiger partial charge in [0.25, 0.3) is 0 Å². The molecular formula is C6H14ClN3. The highest BCUT2D eigenvalue weighted by atomic mass is 35.5. The first-order valence-electron chi connectivity index (χ1n) is 3.20. The third-order valence-corrected chi connectivity index (χ3v) is 1.05.